The molecule has 4 aromatic rings. The number of ether oxygens (including phenoxy) is 1. The summed E-state index contributed by atoms with van der Waals surface area (Å²) in [5.74, 6) is 0.199. The van der Waals surface area contributed by atoms with E-state index in [1.807, 2.05) is 24.3 Å². The topological polar surface area (TPSA) is 77.2 Å². The van der Waals surface area contributed by atoms with Gasteiger partial charge in [0.1, 0.15) is 17.4 Å². The fraction of sp³-hybridized carbons (Fsp3) is 0.0556. The van der Waals surface area contributed by atoms with Crippen molar-refractivity contribution in [1.82, 2.24) is 9.97 Å². The number of hydrogen-bond acceptors (Lipinski definition) is 6. The number of rotatable bonds is 3. The third-order valence-corrected chi connectivity index (χ3v) is 3.73. The fourth-order valence-corrected chi connectivity index (χ4v) is 2.56. The molecule has 0 spiro atoms. The minimum Gasteiger partial charge on any atom is -0.465 e. The molecule has 24 heavy (non-hydrogen) atoms. The first-order chi connectivity index (χ1) is 11.8. The third kappa shape index (κ3) is 2.34. The standard InChI is InChI=1S/C18H13N3O3/c1-23-18(22)11-6-8-12(9-7-11)21-17-16-15(19-10-20-17)13-4-2-3-5-14(13)24-16/h2-10H,1H3,(H,19,20,21). The predicted octanol–water partition coefficient (Wildman–Crippen LogP) is 3.91. The number of fused-ring (bicyclic) bond motifs is 3. The summed E-state index contributed by atoms with van der Waals surface area (Å²) in [5, 5.41) is 4.14. The van der Waals surface area contributed by atoms with Gasteiger partial charge in [-0.3, -0.25) is 0 Å². The van der Waals surface area contributed by atoms with E-state index in [2.05, 4.69) is 15.3 Å². The van der Waals surface area contributed by atoms with Gasteiger partial charge in [-0.2, -0.15) is 0 Å². The van der Waals surface area contributed by atoms with Crippen molar-refractivity contribution < 1.29 is 13.9 Å². The zero-order valence-electron chi connectivity index (χ0n) is 12.8. The Balaban J connectivity index is 1.73. The molecule has 0 radical (unpaired) electrons. The largest absolute Gasteiger partial charge is 0.465 e. The smallest absolute Gasteiger partial charge is 0.337 e. The van der Waals surface area contributed by atoms with Gasteiger partial charge in [-0.1, -0.05) is 12.1 Å². The van der Waals surface area contributed by atoms with Crippen LogP contribution >= 0.6 is 0 Å². The van der Waals surface area contributed by atoms with Crippen LogP contribution in [-0.2, 0) is 4.74 Å². The van der Waals surface area contributed by atoms with E-state index in [0.29, 0.717) is 17.0 Å². The molecule has 2 aromatic heterocycles. The number of methoxy groups -OCH3 is 1. The maximum atomic E-state index is 11.5. The molecule has 118 valence electrons. The summed E-state index contributed by atoms with van der Waals surface area (Å²) in [6.07, 6.45) is 1.50. The number of benzene rings is 2. The van der Waals surface area contributed by atoms with Crippen LogP contribution in [0.25, 0.3) is 22.1 Å². The molecule has 1 N–H and O–H groups in total. The Morgan fingerprint density at radius 3 is 2.67 bits per heavy atom. The van der Waals surface area contributed by atoms with Crippen LogP contribution in [0.2, 0.25) is 0 Å². The Bertz CT molecular complexity index is 1040. The number of furan rings is 1. The summed E-state index contributed by atoms with van der Waals surface area (Å²) in [4.78, 5) is 20.1. The molecule has 0 atom stereocenters. The SMILES string of the molecule is COC(=O)c1ccc(Nc2ncnc3c2oc2ccccc23)cc1. The number of anilines is 2. The lowest BCUT2D eigenvalue weighted by Gasteiger charge is -2.06. The molecular formula is C18H13N3O3. The Labute approximate surface area is 137 Å². The first-order valence-electron chi connectivity index (χ1n) is 7.34. The van der Waals surface area contributed by atoms with Crippen LogP contribution < -0.4 is 5.32 Å². The van der Waals surface area contributed by atoms with Crippen molar-refractivity contribution >= 4 is 39.5 Å². The van der Waals surface area contributed by atoms with Crippen LogP contribution in [0, 0.1) is 0 Å². The predicted molar refractivity (Wildman–Crippen MR) is 90.4 cm³/mol. The van der Waals surface area contributed by atoms with Gasteiger partial charge in [-0.25, -0.2) is 14.8 Å². The molecular weight excluding hydrogens is 306 g/mol. The highest BCUT2D eigenvalue weighted by atomic mass is 16.5. The van der Waals surface area contributed by atoms with E-state index < -0.39 is 0 Å². The van der Waals surface area contributed by atoms with E-state index in [0.717, 1.165) is 22.2 Å². The van der Waals surface area contributed by atoms with Gasteiger partial charge in [0.25, 0.3) is 0 Å². The summed E-state index contributed by atoms with van der Waals surface area (Å²) >= 11 is 0. The average molecular weight is 319 g/mol. The van der Waals surface area contributed by atoms with Crippen molar-refractivity contribution in [2.24, 2.45) is 0 Å². The van der Waals surface area contributed by atoms with E-state index in [1.54, 1.807) is 24.3 Å². The highest BCUT2D eigenvalue weighted by Crippen LogP contribution is 2.31. The number of aromatic nitrogens is 2. The molecule has 0 saturated carbocycles. The number of nitrogens with one attached hydrogen (secondary N) is 1. The van der Waals surface area contributed by atoms with Crippen molar-refractivity contribution in [3.8, 4) is 0 Å². The van der Waals surface area contributed by atoms with Crippen molar-refractivity contribution in [2.75, 3.05) is 12.4 Å². The van der Waals surface area contributed by atoms with E-state index >= 15 is 0 Å². The summed E-state index contributed by atoms with van der Waals surface area (Å²) < 4.78 is 10.6. The molecule has 4 rings (SSSR count). The van der Waals surface area contributed by atoms with Crippen molar-refractivity contribution in [1.29, 1.82) is 0 Å². The van der Waals surface area contributed by atoms with Gasteiger partial charge < -0.3 is 14.5 Å². The van der Waals surface area contributed by atoms with Gasteiger partial charge in [0.05, 0.1) is 12.7 Å². The summed E-state index contributed by atoms with van der Waals surface area (Å²) in [6.45, 7) is 0. The lowest BCUT2D eigenvalue weighted by Crippen LogP contribution is -2.01. The van der Waals surface area contributed by atoms with E-state index in [4.69, 9.17) is 9.15 Å². The minimum atomic E-state index is -0.372. The molecule has 0 saturated heterocycles. The molecule has 2 aromatic carbocycles. The van der Waals surface area contributed by atoms with Gasteiger partial charge in [0.15, 0.2) is 11.4 Å². The maximum Gasteiger partial charge on any atom is 0.337 e. The number of carbonyl (C=O) groups is 1. The van der Waals surface area contributed by atoms with Crippen LogP contribution in [0.4, 0.5) is 11.5 Å². The third-order valence-electron chi connectivity index (χ3n) is 3.73. The summed E-state index contributed by atoms with van der Waals surface area (Å²) in [5.41, 5.74) is 3.38. The quantitative estimate of drug-likeness (QED) is 0.577. The zero-order valence-corrected chi connectivity index (χ0v) is 12.8. The Morgan fingerprint density at radius 2 is 1.88 bits per heavy atom. The molecule has 6 heteroatoms. The van der Waals surface area contributed by atoms with Gasteiger partial charge in [-0.05, 0) is 36.4 Å². The number of nitrogens with zero attached hydrogens (tertiary/aromatic N) is 2. The van der Waals surface area contributed by atoms with E-state index in [1.165, 1.54) is 13.4 Å². The second kappa shape index (κ2) is 5.66. The van der Waals surface area contributed by atoms with Crippen LogP contribution in [0.1, 0.15) is 10.4 Å². The van der Waals surface area contributed by atoms with Crippen LogP contribution in [0.5, 0.6) is 0 Å². The number of hydrogen-bond donors (Lipinski definition) is 1. The fourth-order valence-electron chi connectivity index (χ4n) is 2.56. The van der Waals surface area contributed by atoms with Crippen molar-refractivity contribution in [3.63, 3.8) is 0 Å². The highest BCUT2D eigenvalue weighted by Gasteiger charge is 2.13. The number of esters is 1. The van der Waals surface area contributed by atoms with Crippen LogP contribution in [0.3, 0.4) is 0 Å². The summed E-state index contributed by atoms with van der Waals surface area (Å²) in [7, 11) is 1.35. The Kier molecular flexibility index (Phi) is 3.35. The van der Waals surface area contributed by atoms with Gasteiger partial charge in [0.2, 0.25) is 0 Å². The molecule has 0 aliphatic heterocycles. The first kappa shape index (κ1) is 14.2. The Hall–Kier alpha value is -3.41. The van der Waals surface area contributed by atoms with E-state index in [-0.39, 0.29) is 5.97 Å². The first-order valence-corrected chi connectivity index (χ1v) is 7.34. The maximum absolute atomic E-state index is 11.5. The molecule has 0 fully saturated rings. The lowest BCUT2D eigenvalue weighted by molar-refractivity contribution is 0.0601. The normalized spacial score (nSPS) is 10.9. The highest BCUT2D eigenvalue weighted by molar-refractivity contribution is 6.05. The van der Waals surface area contributed by atoms with Gasteiger partial charge >= 0.3 is 5.97 Å². The monoisotopic (exact) mass is 319 g/mol. The molecule has 0 aliphatic rings. The molecule has 0 aliphatic carbocycles. The number of carbonyl (C=O) groups excluding carboxylic acids is 1. The minimum absolute atomic E-state index is 0.372. The molecule has 0 amide bonds. The second-order valence-corrected chi connectivity index (χ2v) is 5.19. The zero-order chi connectivity index (χ0) is 16.5. The van der Waals surface area contributed by atoms with Crippen molar-refractivity contribution in [2.45, 2.75) is 0 Å². The molecule has 0 bridgehead atoms. The van der Waals surface area contributed by atoms with Gasteiger partial charge in [0, 0.05) is 11.1 Å². The van der Waals surface area contributed by atoms with E-state index in [9.17, 15) is 4.79 Å². The van der Waals surface area contributed by atoms with Crippen LogP contribution in [0.15, 0.2) is 59.3 Å². The van der Waals surface area contributed by atoms with Crippen molar-refractivity contribution in [3.05, 3.63) is 60.4 Å². The lowest BCUT2D eigenvalue weighted by atomic mass is 10.2. The second-order valence-electron chi connectivity index (χ2n) is 5.19. The summed E-state index contributed by atoms with van der Waals surface area (Å²) in [6, 6.07) is 14.6. The Morgan fingerprint density at radius 1 is 1.08 bits per heavy atom. The molecule has 2 heterocycles. The van der Waals surface area contributed by atoms with Gasteiger partial charge in [-0.15, -0.1) is 0 Å². The molecule has 6 nitrogen and oxygen atoms in total. The molecule has 0 unspecified atom stereocenters. The number of para-hydroxylation sites is 1. The average Bonchev–Trinajstić information content (AvgIpc) is 3.02. The van der Waals surface area contributed by atoms with Crippen LogP contribution in [-0.4, -0.2) is 23.0 Å².